The molecule has 4 rings (SSSR count). The molecule has 1 aliphatic rings. The van der Waals surface area contributed by atoms with Crippen LogP contribution in [0.15, 0.2) is 42.6 Å². The fraction of sp³-hybridized carbons (Fsp3) is 0.158. The predicted octanol–water partition coefficient (Wildman–Crippen LogP) is 3.33. The Kier molecular flexibility index (Phi) is 3.91. The van der Waals surface area contributed by atoms with E-state index >= 15 is 0 Å². The smallest absolute Gasteiger partial charge is 0.246 e. The van der Waals surface area contributed by atoms with E-state index in [4.69, 9.17) is 0 Å². The van der Waals surface area contributed by atoms with Crippen LogP contribution in [0.3, 0.4) is 0 Å². The average Bonchev–Trinajstić information content (AvgIpc) is 3.21. The van der Waals surface area contributed by atoms with Gasteiger partial charge >= 0.3 is 0 Å². The van der Waals surface area contributed by atoms with Crippen molar-refractivity contribution in [2.75, 3.05) is 5.32 Å². The van der Waals surface area contributed by atoms with Crippen LogP contribution in [0.25, 0.3) is 22.0 Å². The summed E-state index contributed by atoms with van der Waals surface area (Å²) in [6, 6.07) is 8.22. The summed E-state index contributed by atoms with van der Waals surface area (Å²) < 4.78 is 27.9. The largest absolute Gasteiger partial charge is 0.358 e. The van der Waals surface area contributed by atoms with Gasteiger partial charge in [-0.1, -0.05) is 12.1 Å². The number of H-pyrrole nitrogens is 1. The van der Waals surface area contributed by atoms with Crippen LogP contribution < -0.4 is 10.6 Å². The van der Waals surface area contributed by atoms with Crippen LogP contribution >= 0.6 is 0 Å². The van der Waals surface area contributed by atoms with E-state index in [1.165, 1.54) is 18.2 Å². The Morgan fingerprint density at radius 1 is 1.19 bits per heavy atom. The molecule has 1 aliphatic heterocycles. The molecule has 3 aromatic rings. The highest BCUT2D eigenvalue weighted by Crippen LogP contribution is 2.32. The fourth-order valence-corrected chi connectivity index (χ4v) is 3.20. The summed E-state index contributed by atoms with van der Waals surface area (Å²) in [7, 11) is 0. The van der Waals surface area contributed by atoms with Gasteiger partial charge in [0.2, 0.25) is 11.8 Å². The summed E-state index contributed by atoms with van der Waals surface area (Å²) >= 11 is 0. The zero-order chi connectivity index (χ0) is 18.3. The maximum Gasteiger partial charge on any atom is 0.246 e. The first-order valence-corrected chi connectivity index (χ1v) is 8.18. The van der Waals surface area contributed by atoms with Crippen molar-refractivity contribution in [1.82, 2.24) is 10.3 Å². The van der Waals surface area contributed by atoms with Crippen LogP contribution in [0, 0.1) is 11.6 Å². The molecule has 2 amide bonds. The van der Waals surface area contributed by atoms with Gasteiger partial charge in [-0.3, -0.25) is 9.59 Å². The van der Waals surface area contributed by atoms with Crippen molar-refractivity contribution < 1.29 is 18.4 Å². The minimum absolute atomic E-state index is 0.175. The molecule has 0 radical (unpaired) electrons. The number of amides is 2. The van der Waals surface area contributed by atoms with E-state index in [9.17, 15) is 18.4 Å². The van der Waals surface area contributed by atoms with Gasteiger partial charge in [0.05, 0.1) is 5.52 Å². The molecule has 2 aromatic carbocycles. The normalized spacial score (nSPS) is 16.7. The maximum absolute atomic E-state index is 14.4. The van der Waals surface area contributed by atoms with E-state index in [0.29, 0.717) is 29.4 Å². The Morgan fingerprint density at radius 2 is 2.04 bits per heavy atom. The van der Waals surface area contributed by atoms with Gasteiger partial charge < -0.3 is 15.6 Å². The number of carbonyl (C=O) groups is 2. The molecular weight excluding hydrogens is 340 g/mol. The van der Waals surface area contributed by atoms with E-state index in [2.05, 4.69) is 15.6 Å². The lowest BCUT2D eigenvalue weighted by Crippen LogP contribution is -2.37. The van der Waals surface area contributed by atoms with Crippen LogP contribution in [-0.2, 0) is 9.59 Å². The van der Waals surface area contributed by atoms with Crippen molar-refractivity contribution in [1.29, 1.82) is 0 Å². The molecule has 26 heavy (non-hydrogen) atoms. The zero-order valence-electron chi connectivity index (χ0n) is 13.6. The second-order valence-electron chi connectivity index (χ2n) is 6.24. The number of aromatic nitrogens is 1. The van der Waals surface area contributed by atoms with Gasteiger partial charge in [-0.2, -0.15) is 0 Å². The number of halogens is 2. The molecule has 0 saturated carbocycles. The van der Waals surface area contributed by atoms with Crippen LogP contribution in [0.5, 0.6) is 0 Å². The Balaban J connectivity index is 1.70. The Morgan fingerprint density at radius 3 is 2.77 bits per heavy atom. The molecule has 3 N–H and O–H groups in total. The average molecular weight is 355 g/mol. The minimum atomic E-state index is -0.616. The molecule has 7 heteroatoms. The summed E-state index contributed by atoms with van der Waals surface area (Å²) in [5.74, 6) is -1.49. The first kappa shape index (κ1) is 16.3. The summed E-state index contributed by atoms with van der Waals surface area (Å²) in [6.07, 6.45) is 2.31. The molecule has 0 bridgehead atoms. The molecule has 0 aliphatic carbocycles. The van der Waals surface area contributed by atoms with Gasteiger partial charge in [0.1, 0.15) is 17.7 Å². The van der Waals surface area contributed by atoms with Crippen molar-refractivity contribution >= 4 is 28.4 Å². The van der Waals surface area contributed by atoms with Gasteiger partial charge in [0.25, 0.3) is 0 Å². The third kappa shape index (κ3) is 2.92. The second-order valence-corrected chi connectivity index (χ2v) is 6.24. The summed E-state index contributed by atoms with van der Waals surface area (Å²) in [6.45, 7) is 0. The summed E-state index contributed by atoms with van der Waals surface area (Å²) in [5.41, 5.74) is 1.78. The monoisotopic (exact) mass is 355 g/mol. The van der Waals surface area contributed by atoms with Crippen LogP contribution in [0.1, 0.15) is 12.8 Å². The molecule has 0 spiro atoms. The Hall–Kier alpha value is -3.22. The standard InChI is InChI=1S/C19H15F2N3O2/c20-11-3-1-2-10(6-11)14-9-22-18-13(14)7-12(8-15(18)21)23-19(26)16-4-5-17(25)24-16/h1-3,6-9,16,22H,4-5H2,(H,23,26)(H,24,25). The van der Waals surface area contributed by atoms with Gasteiger partial charge in [-0.05, 0) is 36.2 Å². The minimum Gasteiger partial charge on any atom is -0.358 e. The van der Waals surface area contributed by atoms with Crippen LogP contribution in [0.2, 0.25) is 0 Å². The molecule has 1 aromatic heterocycles. The Bertz CT molecular complexity index is 1030. The van der Waals surface area contributed by atoms with Crippen LogP contribution in [0.4, 0.5) is 14.5 Å². The molecule has 1 fully saturated rings. The molecule has 5 nitrogen and oxygen atoms in total. The van der Waals surface area contributed by atoms with Crippen molar-refractivity contribution in [3.63, 3.8) is 0 Å². The highest BCUT2D eigenvalue weighted by Gasteiger charge is 2.27. The van der Waals surface area contributed by atoms with Crippen molar-refractivity contribution in [3.05, 3.63) is 54.2 Å². The lowest BCUT2D eigenvalue weighted by Gasteiger charge is -2.11. The van der Waals surface area contributed by atoms with Crippen molar-refractivity contribution in [2.45, 2.75) is 18.9 Å². The summed E-state index contributed by atoms with van der Waals surface area (Å²) in [4.78, 5) is 26.3. The maximum atomic E-state index is 14.4. The number of hydrogen-bond donors (Lipinski definition) is 3. The molecule has 1 unspecified atom stereocenters. The van der Waals surface area contributed by atoms with E-state index in [1.54, 1.807) is 24.4 Å². The third-order valence-corrected chi connectivity index (χ3v) is 4.46. The second kappa shape index (κ2) is 6.25. The third-order valence-electron chi connectivity index (χ3n) is 4.46. The molecule has 132 valence electrons. The van der Waals surface area contributed by atoms with Gasteiger partial charge in [-0.25, -0.2) is 8.78 Å². The molecular formula is C19H15F2N3O2. The van der Waals surface area contributed by atoms with E-state index in [0.717, 1.165) is 0 Å². The highest BCUT2D eigenvalue weighted by molar-refractivity contribution is 6.02. The van der Waals surface area contributed by atoms with Crippen molar-refractivity contribution in [3.8, 4) is 11.1 Å². The van der Waals surface area contributed by atoms with E-state index < -0.39 is 23.6 Å². The summed E-state index contributed by atoms with van der Waals surface area (Å²) in [5, 5.41) is 5.74. The number of hydrogen-bond acceptors (Lipinski definition) is 2. The van der Waals surface area contributed by atoms with Gasteiger partial charge in [0.15, 0.2) is 0 Å². The quantitative estimate of drug-likeness (QED) is 0.674. The van der Waals surface area contributed by atoms with Crippen LogP contribution in [-0.4, -0.2) is 22.8 Å². The molecule has 2 heterocycles. The first-order valence-electron chi connectivity index (χ1n) is 8.18. The number of nitrogens with one attached hydrogen (secondary N) is 3. The SMILES string of the molecule is O=C1CCC(C(=O)Nc2cc(F)c3[nH]cc(-c4cccc(F)c4)c3c2)N1. The lowest BCUT2D eigenvalue weighted by molar-refractivity contribution is -0.122. The first-order chi connectivity index (χ1) is 12.5. The fourth-order valence-electron chi connectivity index (χ4n) is 3.20. The zero-order valence-corrected chi connectivity index (χ0v) is 13.6. The predicted molar refractivity (Wildman–Crippen MR) is 93.4 cm³/mol. The molecule has 1 saturated heterocycles. The topological polar surface area (TPSA) is 74.0 Å². The number of rotatable bonds is 3. The van der Waals surface area contributed by atoms with Crippen molar-refractivity contribution in [2.24, 2.45) is 0 Å². The number of anilines is 1. The molecule has 1 atom stereocenters. The highest BCUT2D eigenvalue weighted by atomic mass is 19.1. The number of benzene rings is 2. The number of aromatic amines is 1. The lowest BCUT2D eigenvalue weighted by atomic mass is 10.0. The number of carbonyl (C=O) groups excluding carboxylic acids is 2. The van der Waals surface area contributed by atoms with Gasteiger partial charge in [0, 0.05) is 29.3 Å². The van der Waals surface area contributed by atoms with E-state index in [1.807, 2.05) is 0 Å². The Labute approximate surface area is 147 Å². The van der Waals surface area contributed by atoms with Gasteiger partial charge in [-0.15, -0.1) is 0 Å². The number of fused-ring (bicyclic) bond motifs is 1. The van der Waals surface area contributed by atoms with E-state index in [-0.39, 0.29) is 17.1 Å².